The first-order valence-corrected chi connectivity index (χ1v) is 3.62. The number of hydrogen-bond donors (Lipinski definition) is 0. The van der Waals surface area contributed by atoms with E-state index in [4.69, 9.17) is 9.47 Å². The minimum absolute atomic E-state index is 0.0234. The Labute approximate surface area is 66.1 Å². The number of amides is 1. The molecule has 1 aliphatic heterocycles. The van der Waals surface area contributed by atoms with Gasteiger partial charge in [0.1, 0.15) is 0 Å². The highest BCUT2D eigenvalue weighted by Gasteiger charge is 2.23. The maximum atomic E-state index is 11.2. The van der Waals surface area contributed by atoms with Crippen LogP contribution in [0.25, 0.3) is 0 Å². The Balaban J connectivity index is 2.39. The maximum Gasteiger partial charge on any atom is 0.253 e. The van der Waals surface area contributed by atoms with Gasteiger partial charge in [0.15, 0.2) is 6.10 Å². The van der Waals surface area contributed by atoms with Crippen molar-refractivity contribution in [2.24, 2.45) is 0 Å². The first-order chi connectivity index (χ1) is 5.22. The minimum Gasteiger partial charge on any atom is -0.376 e. The molecule has 1 atom stereocenters. The molecular formula is C7H13NO3. The van der Waals surface area contributed by atoms with Crippen molar-refractivity contribution in [3.8, 4) is 0 Å². The van der Waals surface area contributed by atoms with Crippen molar-refractivity contribution in [3.63, 3.8) is 0 Å². The Kier molecular flexibility index (Phi) is 2.84. The van der Waals surface area contributed by atoms with Crippen molar-refractivity contribution in [1.82, 2.24) is 4.90 Å². The zero-order valence-electron chi connectivity index (χ0n) is 6.87. The van der Waals surface area contributed by atoms with Gasteiger partial charge in [0.25, 0.3) is 5.91 Å². The molecule has 4 nitrogen and oxygen atoms in total. The molecule has 0 spiro atoms. The van der Waals surface area contributed by atoms with Crippen LogP contribution in [0.3, 0.4) is 0 Å². The van der Waals surface area contributed by atoms with Crippen molar-refractivity contribution in [2.75, 3.05) is 33.9 Å². The number of ether oxygens (including phenoxy) is 2. The molecule has 0 aromatic heterocycles. The average molecular weight is 159 g/mol. The van der Waals surface area contributed by atoms with Crippen LogP contribution in [0.4, 0.5) is 0 Å². The molecular weight excluding hydrogens is 146 g/mol. The molecule has 0 N–H and O–H groups in total. The van der Waals surface area contributed by atoms with E-state index < -0.39 is 6.10 Å². The lowest BCUT2D eigenvalue weighted by Gasteiger charge is -2.24. The molecule has 0 aliphatic carbocycles. The Morgan fingerprint density at radius 2 is 2.18 bits per heavy atom. The fourth-order valence-corrected chi connectivity index (χ4v) is 0.918. The normalized spacial score (nSPS) is 24.7. The van der Waals surface area contributed by atoms with Gasteiger partial charge in [-0.05, 0) is 0 Å². The van der Waals surface area contributed by atoms with E-state index in [1.54, 1.807) is 14.1 Å². The number of rotatable bonds is 1. The Morgan fingerprint density at radius 1 is 1.45 bits per heavy atom. The summed E-state index contributed by atoms with van der Waals surface area (Å²) in [6.45, 7) is 1.50. The van der Waals surface area contributed by atoms with E-state index in [1.807, 2.05) is 0 Å². The average Bonchev–Trinajstić information content (AvgIpc) is 2.05. The molecule has 0 saturated carbocycles. The van der Waals surface area contributed by atoms with Crippen molar-refractivity contribution >= 4 is 5.91 Å². The second-order valence-electron chi connectivity index (χ2n) is 2.67. The van der Waals surface area contributed by atoms with Crippen molar-refractivity contribution < 1.29 is 14.3 Å². The van der Waals surface area contributed by atoms with Crippen LogP contribution >= 0.6 is 0 Å². The highest BCUT2D eigenvalue weighted by Crippen LogP contribution is 2.02. The van der Waals surface area contributed by atoms with Crippen LogP contribution in [-0.2, 0) is 14.3 Å². The van der Waals surface area contributed by atoms with Crippen molar-refractivity contribution in [1.29, 1.82) is 0 Å². The van der Waals surface area contributed by atoms with Gasteiger partial charge in [-0.3, -0.25) is 4.79 Å². The molecule has 0 radical (unpaired) electrons. The Morgan fingerprint density at radius 3 is 2.64 bits per heavy atom. The molecule has 1 heterocycles. The Hall–Kier alpha value is -0.610. The van der Waals surface area contributed by atoms with Gasteiger partial charge < -0.3 is 14.4 Å². The van der Waals surface area contributed by atoms with E-state index in [0.29, 0.717) is 19.8 Å². The highest BCUT2D eigenvalue weighted by atomic mass is 16.6. The summed E-state index contributed by atoms with van der Waals surface area (Å²) in [6.07, 6.45) is -0.390. The lowest BCUT2D eigenvalue weighted by Crippen LogP contribution is -2.42. The van der Waals surface area contributed by atoms with E-state index in [9.17, 15) is 4.79 Å². The van der Waals surface area contributed by atoms with Crippen LogP contribution in [0.15, 0.2) is 0 Å². The second-order valence-corrected chi connectivity index (χ2v) is 2.67. The third-order valence-corrected chi connectivity index (χ3v) is 1.53. The summed E-state index contributed by atoms with van der Waals surface area (Å²) in [5, 5.41) is 0. The maximum absolute atomic E-state index is 11.2. The fourth-order valence-electron chi connectivity index (χ4n) is 0.918. The quantitative estimate of drug-likeness (QED) is 0.517. The van der Waals surface area contributed by atoms with E-state index in [2.05, 4.69) is 0 Å². The van der Waals surface area contributed by atoms with Crippen LogP contribution < -0.4 is 0 Å². The van der Waals surface area contributed by atoms with Crippen LogP contribution in [0.5, 0.6) is 0 Å². The molecule has 1 aliphatic rings. The van der Waals surface area contributed by atoms with Crippen LogP contribution in [-0.4, -0.2) is 50.8 Å². The highest BCUT2D eigenvalue weighted by molar-refractivity contribution is 5.80. The Bertz CT molecular complexity index is 141. The SMILES string of the molecule is CN(C)C(=O)C1COCCO1. The largest absolute Gasteiger partial charge is 0.376 e. The first-order valence-electron chi connectivity index (χ1n) is 3.62. The van der Waals surface area contributed by atoms with Crippen molar-refractivity contribution in [2.45, 2.75) is 6.10 Å². The predicted octanol–water partition coefficient (Wildman–Crippen LogP) is -0.510. The van der Waals surface area contributed by atoms with Crippen molar-refractivity contribution in [3.05, 3.63) is 0 Å². The summed E-state index contributed by atoms with van der Waals surface area (Å²) in [6, 6.07) is 0. The van der Waals surface area contributed by atoms with Gasteiger partial charge in [-0.2, -0.15) is 0 Å². The molecule has 1 rings (SSSR count). The summed E-state index contributed by atoms with van der Waals surface area (Å²) in [5.41, 5.74) is 0. The van der Waals surface area contributed by atoms with Crippen LogP contribution in [0, 0.1) is 0 Å². The summed E-state index contributed by atoms with van der Waals surface area (Å²) in [5.74, 6) is -0.0234. The molecule has 4 heteroatoms. The minimum atomic E-state index is -0.390. The van der Waals surface area contributed by atoms with Crippen LogP contribution in [0.2, 0.25) is 0 Å². The topological polar surface area (TPSA) is 38.8 Å². The molecule has 0 aromatic carbocycles. The third kappa shape index (κ3) is 2.17. The molecule has 1 fully saturated rings. The van der Waals surface area contributed by atoms with E-state index in [0.717, 1.165) is 0 Å². The number of carbonyl (C=O) groups is 1. The van der Waals surface area contributed by atoms with Gasteiger partial charge in [-0.25, -0.2) is 0 Å². The summed E-state index contributed by atoms with van der Waals surface area (Å²) in [4.78, 5) is 12.7. The van der Waals surface area contributed by atoms with E-state index in [1.165, 1.54) is 4.90 Å². The molecule has 0 aromatic rings. The van der Waals surface area contributed by atoms with Gasteiger partial charge >= 0.3 is 0 Å². The van der Waals surface area contributed by atoms with Gasteiger partial charge in [0.2, 0.25) is 0 Å². The smallest absolute Gasteiger partial charge is 0.253 e. The summed E-state index contributed by atoms with van der Waals surface area (Å²) >= 11 is 0. The van der Waals surface area contributed by atoms with E-state index in [-0.39, 0.29) is 5.91 Å². The molecule has 11 heavy (non-hydrogen) atoms. The first kappa shape index (κ1) is 8.49. The zero-order valence-corrected chi connectivity index (χ0v) is 6.87. The standard InChI is InChI=1S/C7H13NO3/c1-8(2)7(9)6-5-10-3-4-11-6/h6H,3-5H2,1-2H3. The molecule has 64 valence electrons. The molecule has 1 unspecified atom stereocenters. The summed E-state index contributed by atoms with van der Waals surface area (Å²) in [7, 11) is 3.42. The summed E-state index contributed by atoms with van der Waals surface area (Å²) < 4.78 is 10.3. The lowest BCUT2D eigenvalue weighted by molar-refractivity contribution is -0.155. The zero-order chi connectivity index (χ0) is 8.27. The molecule has 1 saturated heterocycles. The lowest BCUT2D eigenvalue weighted by atomic mass is 10.3. The third-order valence-electron chi connectivity index (χ3n) is 1.53. The monoisotopic (exact) mass is 159 g/mol. The fraction of sp³-hybridized carbons (Fsp3) is 0.857. The number of nitrogens with zero attached hydrogens (tertiary/aromatic N) is 1. The molecule has 0 bridgehead atoms. The van der Waals surface area contributed by atoms with Crippen LogP contribution in [0.1, 0.15) is 0 Å². The van der Waals surface area contributed by atoms with Gasteiger partial charge in [0, 0.05) is 14.1 Å². The molecule has 1 amide bonds. The van der Waals surface area contributed by atoms with Gasteiger partial charge in [-0.1, -0.05) is 0 Å². The van der Waals surface area contributed by atoms with Gasteiger partial charge in [-0.15, -0.1) is 0 Å². The number of hydrogen-bond acceptors (Lipinski definition) is 3. The second kappa shape index (κ2) is 3.69. The van der Waals surface area contributed by atoms with E-state index >= 15 is 0 Å². The van der Waals surface area contributed by atoms with Gasteiger partial charge in [0.05, 0.1) is 19.8 Å². The number of likely N-dealkylation sites (N-methyl/N-ethyl adjacent to an activating group) is 1. The predicted molar refractivity (Wildman–Crippen MR) is 39.3 cm³/mol. The number of carbonyl (C=O) groups excluding carboxylic acids is 1.